The first-order valence-corrected chi connectivity index (χ1v) is 5.48. The molecular formula is C12H21NO. The van der Waals surface area contributed by atoms with Crippen LogP contribution in [0.5, 0.6) is 0 Å². The van der Waals surface area contributed by atoms with Crippen LogP contribution in [0.3, 0.4) is 0 Å². The van der Waals surface area contributed by atoms with E-state index in [-0.39, 0.29) is 17.9 Å². The fourth-order valence-electron chi connectivity index (χ4n) is 2.26. The van der Waals surface area contributed by atoms with Crippen molar-refractivity contribution >= 4 is 0 Å². The fourth-order valence-corrected chi connectivity index (χ4v) is 2.26. The first-order chi connectivity index (χ1) is 6.46. The predicted octanol–water partition coefficient (Wildman–Crippen LogP) is 2.72. The second-order valence-electron chi connectivity index (χ2n) is 5.52. The van der Waals surface area contributed by atoms with Crippen molar-refractivity contribution in [2.24, 2.45) is 16.7 Å². The van der Waals surface area contributed by atoms with Gasteiger partial charge >= 0.3 is 0 Å². The van der Waals surface area contributed by atoms with E-state index in [4.69, 9.17) is 5.11 Å². The van der Waals surface area contributed by atoms with Crippen molar-refractivity contribution in [2.75, 3.05) is 6.61 Å². The molecule has 2 heteroatoms. The third kappa shape index (κ3) is 2.09. The van der Waals surface area contributed by atoms with E-state index in [2.05, 4.69) is 19.9 Å². The maximum atomic E-state index is 9.25. The van der Waals surface area contributed by atoms with Crippen LogP contribution in [-0.2, 0) is 0 Å². The Kier molecular flexibility index (Phi) is 3.21. The van der Waals surface area contributed by atoms with Crippen LogP contribution in [0.2, 0.25) is 0 Å². The SMILES string of the molecule is CC(CO)C1(C#N)CCC(C)(C)CC1. The Balaban J connectivity index is 2.72. The summed E-state index contributed by atoms with van der Waals surface area (Å²) in [4.78, 5) is 0. The Hall–Kier alpha value is -0.550. The van der Waals surface area contributed by atoms with Crippen molar-refractivity contribution in [1.82, 2.24) is 0 Å². The summed E-state index contributed by atoms with van der Waals surface area (Å²) in [7, 11) is 0. The third-order valence-corrected chi connectivity index (χ3v) is 3.94. The van der Waals surface area contributed by atoms with E-state index in [1.807, 2.05) is 6.92 Å². The van der Waals surface area contributed by atoms with Gasteiger partial charge in [-0.1, -0.05) is 20.8 Å². The van der Waals surface area contributed by atoms with Crippen LogP contribution < -0.4 is 0 Å². The van der Waals surface area contributed by atoms with Gasteiger partial charge in [0.05, 0.1) is 11.5 Å². The summed E-state index contributed by atoms with van der Waals surface area (Å²) in [5.74, 6) is 0.114. The summed E-state index contributed by atoms with van der Waals surface area (Å²) >= 11 is 0. The van der Waals surface area contributed by atoms with Gasteiger partial charge in [0.1, 0.15) is 0 Å². The zero-order chi connectivity index (χ0) is 10.8. The Morgan fingerprint density at radius 2 is 1.79 bits per heavy atom. The maximum Gasteiger partial charge on any atom is 0.0693 e. The minimum Gasteiger partial charge on any atom is -0.396 e. The first-order valence-electron chi connectivity index (χ1n) is 5.48. The quantitative estimate of drug-likeness (QED) is 0.736. The van der Waals surface area contributed by atoms with Gasteiger partial charge in [-0.3, -0.25) is 0 Å². The average Bonchev–Trinajstić information content (AvgIpc) is 2.18. The number of aliphatic hydroxyl groups excluding tert-OH is 1. The van der Waals surface area contributed by atoms with Crippen LogP contribution in [0.15, 0.2) is 0 Å². The Labute approximate surface area is 86.9 Å². The highest BCUT2D eigenvalue weighted by Crippen LogP contribution is 2.48. The molecule has 0 aromatic heterocycles. The standard InChI is InChI=1S/C12H21NO/c1-10(8-14)12(9-13)6-4-11(2,3)5-7-12/h10,14H,4-8H2,1-3H3. The number of hydrogen-bond acceptors (Lipinski definition) is 2. The molecule has 80 valence electrons. The summed E-state index contributed by atoms with van der Waals surface area (Å²) in [6, 6.07) is 2.45. The number of aliphatic hydroxyl groups is 1. The molecule has 0 saturated heterocycles. The molecule has 0 amide bonds. The highest BCUT2D eigenvalue weighted by atomic mass is 16.3. The van der Waals surface area contributed by atoms with Gasteiger partial charge in [-0.15, -0.1) is 0 Å². The van der Waals surface area contributed by atoms with Crippen molar-refractivity contribution in [2.45, 2.75) is 46.5 Å². The molecule has 0 heterocycles. The van der Waals surface area contributed by atoms with Crippen LogP contribution in [0.4, 0.5) is 0 Å². The monoisotopic (exact) mass is 195 g/mol. The van der Waals surface area contributed by atoms with E-state index in [0.717, 1.165) is 25.7 Å². The van der Waals surface area contributed by atoms with Crippen LogP contribution in [0, 0.1) is 28.1 Å². The molecule has 0 spiro atoms. The fraction of sp³-hybridized carbons (Fsp3) is 0.917. The maximum absolute atomic E-state index is 9.25. The van der Waals surface area contributed by atoms with Gasteiger partial charge < -0.3 is 5.11 Å². The van der Waals surface area contributed by atoms with E-state index >= 15 is 0 Å². The van der Waals surface area contributed by atoms with Crippen molar-refractivity contribution in [1.29, 1.82) is 5.26 Å². The molecule has 0 aromatic carbocycles. The smallest absolute Gasteiger partial charge is 0.0693 e. The molecule has 1 unspecified atom stereocenters. The lowest BCUT2D eigenvalue weighted by molar-refractivity contribution is 0.0662. The van der Waals surface area contributed by atoms with Crippen LogP contribution >= 0.6 is 0 Å². The molecule has 1 N–H and O–H groups in total. The first kappa shape index (κ1) is 11.5. The molecule has 1 saturated carbocycles. The lowest BCUT2D eigenvalue weighted by atomic mass is 9.61. The van der Waals surface area contributed by atoms with Crippen molar-refractivity contribution in [3.05, 3.63) is 0 Å². The van der Waals surface area contributed by atoms with Crippen molar-refractivity contribution in [3.8, 4) is 6.07 Å². The van der Waals surface area contributed by atoms with Gasteiger partial charge in [0, 0.05) is 6.61 Å². The normalized spacial score (nSPS) is 26.5. The zero-order valence-electron chi connectivity index (χ0n) is 9.51. The molecule has 1 atom stereocenters. The molecule has 14 heavy (non-hydrogen) atoms. The molecule has 0 aromatic rings. The van der Waals surface area contributed by atoms with Gasteiger partial charge in [-0.25, -0.2) is 0 Å². The van der Waals surface area contributed by atoms with Gasteiger partial charge in [-0.2, -0.15) is 5.26 Å². The molecule has 1 fully saturated rings. The Morgan fingerprint density at radius 1 is 1.29 bits per heavy atom. The van der Waals surface area contributed by atoms with Gasteiger partial charge in [-0.05, 0) is 37.0 Å². The molecule has 0 radical (unpaired) electrons. The number of rotatable bonds is 2. The molecule has 1 aliphatic carbocycles. The van der Waals surface area contributed by atoms with E-state index in [9.17, 15) is 5.26 Å². The summed E-state index contributed by atoms with van der Waals surface area (Å²) in [6.07, 6.45) is 4.09. The second kappa shape index (κ2) is 3.90. The van der Waals surface area contributed by atoms with Gasteiger partial charge in [0.15, 0.2) is 0 Å². The predicted molar refractivity (Wildman–Crippen MR) is 56.5 cm³/mol. The Bertz CT molecular complexity index is 229. The second-order valence-corrected chi connectivity index (χ2v) is 5.52. The largest absolute Gasteiger partial charge is 0.396 e. The van der Waals surface area contributed by atoms with E-state index in [1.165, 1.54) is 0 Å². The van der Waals surface area contributed by atoms with Gasteiger partial charge in [0.2, 0.25) is 0 Å². The summed E-state index contributed by atoms with van der Waals surface area (Å²) < 4.78 is 0. The van der Waals surface area contributed by atoms with E-state index < -0.39 is 0 Å². The molecular weight excluding hydrogens is 174 g/mol. The number of hydrogen-bond donors (Lipinski definition) is 1. The van der Waals surface area contributed by atoms with E-state index in [1.54, 1.807) is 0 Å². The Morgan fingerprint density at radius 3 is 2.14 bits per heavy atom. The highest BCUT2D eigenvalue weighted by molar-refractivity contribution is 5.05. The van der Waals surface area contributed by atoms with Gasteiger partial charge in [0.25, 0.3) is 0 Å². The molecule has 0 aliphatic heterocycles. The zero-order valence-corrected chi connectivity index (χ0v) is 9.51. The summed E-state index contributed by atoms with van der Waals surface area (Å²) in [6.45, 7) is 6.64. The topological polar surface area (TPSA) is 44.0 Å². The lowest BCUT2D eigenvalue weighted by Gasteiger charge is -2.42. The van der Waals surface area contributed by atoms with Crippen LogP contribution in [0.25, 0.3) is 0 Å². The summed E-state index contributed by atoms with van der Waals surface area (Å²) in [5.41, 5.74) is 0.125. The van der Waals surface area contributed by atoms with Crippen molar-refractivity contribution < 1.29 is 5.11 Å². The third-order valence-electron chi connectivity index (χ3n) is 3.94. The molecule has 1 aliphatic rings. The molecule has 1 rings (SSSR count). The van der Waals surface area contributed by atoms with Crippen LogP contribution in [0.1, 0.15) is 46.5 Å². The molecule has 2 nitrogen and oxygen atoms in total. The summed E-state index contributed by atoms with van der Waals surface area (Å²) in [5, 5.41) is 18.4. The van der Waals surface area contributed by atoms with Crippen LogP contribution in [-0.4, -0.2) is 11.7 Å². The average molecular weight is 195 g/mol. The lowest BCUT2D eigenvalue weighted by Crippen LogP contribution is -2.36. The minimum absolute atomic E-state index is 0.114. The van der Waals surface area contributed by atoms with E-state index in [0.29, 0.717) is 5.41 Å². The minimum atomic E-state index is -0.260. The highest BCUT2D eigenvalue weighted by Gasteiger charge is 2.42. The number of nitriles is 1. The van der Waals surface area contributed by atoms with Crippen molar-refractivity contribution in [3.63, 3.8) is 0 Å². The molecule has 0 bridgehead atoms. The number of nitrogens with zero attached hydrogens (tertiary/aromatic N) is 1.